The predicted octanol–water partition coefficient (Wildman–Crippen LogP) is 2.70. The smallest absolute Gasteiger partial charge is 0.161 e. The van der Waals surface area contributed by atoms with Gasteiger partial charge in [-0.25, -0.2) is 8.42 Å². The van der Waals surface area contributed by atoms with E-state index in [0.717, 1.165) is 5.56 Å². The maximum Gasteiger partial charge on any atom is 0.161 e. The highest BCUT2D eigenvalue weighted by Gasteiger charge is 2.44. The molecule has 15 heavy (non-hydrogen) atoms. The van der Waals surface area contributed by atoms with Crippen LogP contribution in [0.5, 0.6) is 0 Å². The highest BCUT2D eigenvalue weighted by Crippen LogP contribution is 2.42. The average Bonchev–Trinajstić information content (AvgIpc) is 2.43. The number of benzene rings is 1. The molecule has 2 nitrogen and oxygen atoms in total. The van der Waals surface area contributed by atoms with E-state index >= 15 is 0 Å². The van der Waals surface area contributed by atoms with E-state index in [-0.39, 0.29) is 15.3 Å². The number of hydrogen-bond acceptors (Lipinski definition) is 2. The molecule has 1 saturated heterocycles. The molecule has 1 aromatic carbocycles. The normalized spacial score (nSPS) is 34.1. The fourth-order valence-electron chi connectivity index (χ4n) is 1.99. The lowest BCUT2D eigenvalue weighted by molar-refractivity contribution is 0.586. The molecule has 1 fully saturated rings. The molecule has 2 rings (SSSR count). The van der Waals surface area contributed by atoms with Crippen LogP contribution in [0.3, 0.4) is 0 Å². The zero-order chi connectivity index (χ0) is 11.1. The van der Waals surface area contributed by atoms with E-state index in [1.54, 1.807) is 6.92 Å². The number of halogens is 1. The molecule has 0 amide bonds. The van der Waals surface area contributed by atoms with Gasteiger partial charge >= 0.3 is 0 Å². The summed E-state index contributed by atoms with van der Waals surface area (Å²) in [7, 11) is -3.01. The summed E-state index contributed by atoms with van der Waals surface area (Å²) in [5, 5.41) is -0.624. The topological polar surface area (TPSA) is 34.1 Å². The molecule has 0 aliphatic carbocycles. The van der Waals surface area contributed by atoms with E-state index in [2.05, 4.69) is 15.9 Å². The van der Waals surface area contributed by atoms with Crippen molar-refractivity contribution in [2.24, 2.45) is 0 Å². The van der Waals surface area contributed by atoms with Gasteiger partial charge in [0, 0.05) is 4.83 Å². The van der Waals surface area contributed by atoms with Crippen molar-refractivity contribution in [3.05, 3.63) is 35.9 Å². The summed E-state index contributed by atoms with van der Waals surface area (Å²) in [6.45, 7) is 1.78. The second kappa shape index (κ2) is 3.91. The Bertz CT molecular complexity index is 441. The van der Waals surface area contributed by atoms with Crippen molar-refractivity contribution in [1.29, 1.82) is 0 Å². The van der Waals surface area contributed by atoms with Crippen molar-refractivity contribution >= 4 is 25.8 Å². The largest absolute Gasteiger partial charge is 0.228 e. The zero-order valence-electron chi connectivity index (χ0n) is 8.43. The first kappa shape index (κ1) is 11.1. The molecule has 1 heterocycles. The van der Waals surface area contributed by atoms with Crippen LogP contribution in [0.25, 0.3) is 0 Å². The SMILES string of the molecule is CC1C(Br)CC(c2ccccc2)S1(=O)=O. The van der Waals surface area contributed by atoms with Crippen molar-refractivity contribution < 1.29 is 8.42 Å². The third-order valence-electron chi connectivity index (χ3n) is 3.03. The van der Waals surface area contributed by atoms with Crippen LogP contribution < -0.4 is 0 Å². The van der Waals surface area contributed by atoms with Gasteiger partial charge in [-0.05, 0) is 18.9 Å². The second-order valence-electron chi connectivity index (χ2n) is 3.95. The molecule has 0 spiro atoms. The Morgan fingerprint density at radius 3 is 2.33 bits per heavy atom. The van der Waals surface area contributed by atoms with Crippen LogP contribution in [0.2, 0.25) is 0 Å². The van der Waals surface area contributed by atoms with E-state index in [9.17, 15) is 8.42 Å². The van der Waals surface area contributed by atoms with Gasteiger partial charge in [0.1, 0.15) is 0 Å². The molecule has 3 atom stereocenters. The fourth-order valence-corrected chi connectivity index (χ4v) is 5.57. The van der Waals surface area contributed by atoms with Crippen LogP contribution in [0.15, 0.2) is 30.3 Å². The zero-order valence-corrected chi connectivity index (χ0v) is 10.8. The van der Waals surface area contributed by atoms with Crippen molar-refractivity contribution in [1.82, 2.24) is 0 Å². The van der Waals surface area contributed by atoms with Crippen molar-refractivity contribution in [2.75, 3.05) is 0 Å². The maximum atomic E-state index is 12.1. The van der Waals surface area contributed by atoms with Crippen molar-refractivity contribution in [2.45, 2.75) is 28.7 Å². The summed E-state index contributed by atoms with van der Waals surface area (Å²) in [6, 6.07) is 9.45. The van der Waals surface area contributed by atoms with Gasteiger partial charge in [0.05, 0.1) is 10.5 Å². The summed E-state index contributed by atoms with van der Waals surface area (Å²) >= 11 is 3.44. The molecule has 1 aromatic rings. The minimum Gasteiger partial charge on any atom is -0.228 e. The Balaban J connectivity index is 2.41. The summed E-state index contributed by atoms with van der Waals surface area (Å²) in [5.41, 5.74) is 0.909. The molecule has 0 N–H and O–H groups in total. The Morgan fingerprint density at radius 2 is 1.87 bits per heavy atom. The van der Waals surface area contributed by atoms with Gasteiger partial charge in [0.15, 0.2) is 9.84 Å². The lowest BCUT2D eigenvalue weighted by Crippen LogP contribution is -2.19. The average molecular weight is 289 g/mol. The summed E-state index contributed by atoms with van der Waals surface area (Å²) < 4.78 is 24.1. The minimum absolute atomic E-state index is 0.0766. The third-order valence-corrected chi connectivity index (χ3v) is 7.17. The molecule has 3 unspecified atom stereocenters. The Labute approximate surface area is 98.7 Å². The molecule has 1 aliphatic rings. The lowest BCUT2D eigenvalue weighted by Gasteiger charge is -2.10. The van der Waals surface area contributed by atoms with Crippen LogP contribution in [0.4, 0.5) is 0 Å². The van der Waals surface area contributed by atoms with Crippen LogP contribution >= 0.6 is 15.9 Å². The summed E-state index contributed by atoms with van der Waals surface area (Å²) in [6.07, 6.45) is 0.674. The molecule has 0 aromatic heterocycles. The fraction of sp³-hybridized carbons (Fsp3) is 0.455. The highest BCUT2D eigenvalue weighted by molar-refractivity contribution is 9.09. The van der Waals surface area contributed by atoms with Crippen molar-refractivity contribution in [3.8, 4) is 0 Å². The van der Waals surface area contributed by atoms with E-state index in [0.29, 0.717) is 6.42 Å². The van der Waals surface area contributed by atoms with E-state index in [1.165, 1.54) is 0 Å². The van der Waals surface area contributed by atoms with Gasteiger partial charge in [-0.3, -0.25) is 0 Å². The third kappa shape index (κ3) is 1.85. The first-order valence-electron chi connectivity index (χ1n) is 4.95. The standard InChI is InChI=1S/C11H13BrO2S/c1-8-10(12)7-11(15(8,13)14)9-5-3-2-4-6-9/h2-6,8,10-11H,7H2,1H3. The quantitative estimate of drug-likeness (QED) is 0.745. The summed E-state index contributed by atoms with van der Waals surface area (Å²) in [4.78, 5) is 0.0766. The first-order chi connectivity index (χ1) is 7.03. The molecule has 0 radical (unpaired) electrons. The predicted molar refractivity (Wildman–Crippen MR) is 64.9 cm³/mol. The van der Waals surface area contributed by atoms with Gasteiger partial charge < -0.3 is 0 Å². The van der Waals surface area contributed by atoms with Crippen molar-refractivity contribution in [3.63, 3.8) is 0 Å². The van der Waals surface area contributed by atoms with Crippen LogP contribution in [-0.4, -0.2) is 18.5 Å². The molecule has 4 heteroatoms. The van der Waals surface area contributed by atoms with Crippen LogP contribution in [-0.2, 0) is 9.84 Å². The van der Waals surface area contributed by atoms with E-state index in [4.69, 9.17) is 0 Å². The van der Waals surface area contributed by atoms with Gasteiger partial charge in [-0.15, -0.1) is 0 Å². The Kier molecular flexibility index (Phi) is 2.90. The van der Waals surface area contributed by atoms with Gasteiger partial charge in [0.25, 0.3) is 0 Å². The Morgan fingerprint density at radius 1 is 1.27 bits per heavy atom. The summed E-state index contributed by atoms with van der Waals surface area (Å²) in [5.74, 6) is 0. The number of rotatable bonds is 1. The number of alkyl halides is 1. The van der Waals surface area contributed by atoms with E-state index in [1.807, 2.05) is 30.3 Å². The lowest BCUT2D eigenvalue weighted by atomic mass is 10.1. The molecule has 82 valence electrons. The van der Waals surface area contributed by atoms with E-state index < -0.39 is 9.84 Å². The molecular weight excluding hydrogens is 276 g/mol. The van der Waals surface area contributed by atoms with Crippen LogP contribution in [0.1, 0.15) is 24.2 Å². The minimum atomic E-state index is -3.01. The van der Waals surface area contributed by atoms with Gasteiger partial charge in [0.2, 0.25) is 0 Å². The van der Waals surface area contributed by atoms with Gasteiger partial charge in [-0.2, -0.15) is 0 Å². The molecule has 1 aliphatic heterocycles. The molecule has 0 saturated carbocycles. The maximum absolute atomic E-state index is 12.1. The second-order valence-corrected chi connectivity index (χ2v) is 7.61. The molecule has 0 bridgehead atoms. The number of hydrogen-bond donors (Lipinski definition) is 0. The molecular formula is C11H13BrO2S. The monoisotopic (exact) mass is 288 g/mol. The van der Waals surface area contributed by atoms with Crippen LogP contribution in [0, 0.1) is 0 Å². The Hall–Kier alpha value is -0.350. The number of sulfone groups is 1. The first-order valence-corrected chi connectivity index (χ1v) is 7.47. The highest BCUT2D eigenvalue weighted by atomic mass is 79.9. The van der Waals surface area contributed by atoms with Gasteiger partial charge in [-0.1, -0.05) is 46.3 Å².